The van der Waals surface area contributed by atoms with E-state index in [4.69, 9.17) is 10.8 Å². The molecule has 0 saturated heterocycles. The van der Waals surface area contributed by atoms with Crippen LogP contribution < -0.4 is 11.1 Å². The Labute approximate surface area is 98.0 Å². The first-order valence-corrected chi connectivity index (χ1v) is 6.12. The zero-order valence-electron chi connectivity index (χ0n) is 9.01. The number of nitrogens with two attached hydrogens (primary N) is 1. The molecule has 0 aliphatic carbocycles. The van der Waals surface area contributed by atoms with E-state index in [1.807, 2.05) is 6.26 Å². The minimum Gasteiger partial charge on any atom is -0.480 e. The average molecular weight is 248 g/mol. The summed E-state index contributed by atoms with van der Waals surface area (Å²) in [5.41, 5.74) is 5.23. The number of aliphatic carboxylic acids is 1. The van der Waals surface area contributed by atoms with Crippen molar-refractivity contribution in [2.24, 2.45) is 5.73 Å². The zero-order valence-corrected chi connectivity index (χ0v) is 9.83. The van der Waals surface area contributed by atoms with Gasteiger partial charge in [0.2, 0.25) is 5.91 Å². The first kappa shape index (κ1) is 14.9. The molecule has 0 bridgehead atoms. The van der Waals surface area contributed by atoms with Gasteiger partial charge in [-0.2, -0.15) is 11.8 Å². The number of aldehydes is 1. The second-order valence-corrected chi connectivity index (χ2v) is 4.16. The largest absolute Gasteiger partial charge is 0.480 e. The fourth-order valence-corrected chi connectivity index (χ4v) is 1.50. The standard InChI is InChI=1S/C9H16N2O4S/c1-16-5-6(4-12)11-8(13)3-2-7(10)9(14)15/h4,6-7H,2-3,5,10H2,1H3,(H,11,13)(H,14,15)/t6-,7+/m1/s1. The van der Waals surface area contributed by atoms with E-state index in [1.54, 1.807) is 0 Å². The van der Waals surface area contributed by atoms with Crippen LogP contribution in [-0.4, -0.2) is 47.4 Å². The van der Waals surface area contributed by atoms with Crippen LogP contribution in [0.4, 0.5) is 0 Å². The summed E-state index contributed by atoms with van der Waals surface area (Å²) in [4.78, 5) is 32.2. The highest BCUT2D eigenvalue weighted by molar-refractivity contribution is 7.98. The molecule has 0 aliphatic rings. The lowest BCUT2D eigenvalue weighted by atomic mass is 10.1. The highest BCUT2D eigenvalue weighted by Crippen LogP contribution is 1.98. The first-order valence-electron chi connectivity index (χ1n) is 4.73. The number of amides is 1. The maximum atomic E-state index is 11.3. The summed E-state index contributed by atoms with van der Waals surface area (Å²) < 4.78 is 0. The lowest BCUT2D eigenvalue weighted by Crippen LogP contribution is -2.39. The number of thioether (sulfide) groups is 1. The normalized spacial score (nSPS) is 13.9. The summed E-state index contributed by atoms with van der Waals surface area (Å²) in [5, 5.41) is 11.0. The molecule has 4 N–H and O–H groups in total. The Kier molecular flexibility index (Phi) is 7.57. The maximum Gasteiger partial charge on any atom is 0.320 e. The molecule has 0 radical (unpaired) electrons. The van der Waals surface area contributed by atoms with Crippen molar-refractivity contribution in [3.63, 3.8) is 0 Å². The van der Waals surface area contributed by atoms with Crippen molar-refractivity contribution < 1.29 is 19.5 Å². The van der Waals surface area contributed by atoms with Gasteiger partial charge >= 0.3 is 5.97 Å². The van der Waals surface area contributed by atoms with E-state index in [-0.39, 0.29) is 18.7 Å². The molecule has 0 unspecified atom stereocenters. The summed E-state index contributed by atoms with van der Waals surface area (Å²) in [6.07, 6.45) is 2.55. The molecule has 0 spiro atoms. The molecule has 0 rings (SSSR count). The average Bonchev–Trinajstić information content (AvgIpc) is 2.24. The topological polar surface area (TPSA) is 109 Å². The zero-order chi connectivity index (χ0) is 12.6. The van der Waals surface area contributed by atoms with E-state index in [0.717, 1.165) is 0 Å². The molecule has 0 aromatic heterocycles. The van der Waals surface area contributed by atoms with Crippen LogP contribution in [0.15, 0.2) is 0 Å². The molecule has 0 saturated carbocycles. The summed E-state index contributed by atoms with van der Waals surface area (Å²) in [7, 11) is 0. The van der Waals surface area contributed by atoms with Gasteiger partial charge in [0.25, 0.3) is 0 Å². The molecule has 16 heavy (non-hydrogen) atoms. The summed E-state index contributed by atoms with van der Waals surface area (Å²) in [6.45, 7) is 0. The van der Waals surface area contributed by atoms with E-state index in [2.05, 4.69) is 5.32 Å². The number of carbonyl (C=O) groups excluding carboxylic acids is 2. The quantitative estimate of drug-likeness (QED) is 0.486. The van der Waals surface area contributed by atoms with Gasteiger partial charge in [-0.3, -0.25) is 9.59 Å². The maximum absolute atomic E-state index is 11.3. The molecule has 0 aromatic carbocycles. The third kappa shape index (κ3) is 6.41. The van der Waals surface area contributed by atoms with Crippen LogP contribution in [0.2, 0.25) is 0 Å². The summed E-state index contributed by atoms with van der Waals surface area (Å²) >= 11 is 1.44. The van der Waals surface area contributed by atoms with Crippen molar-refractivity contribution in [2.45, 2.75) is 24.9 Å². The SMILES string of the molecule is CSC[C@@H](C=O)NC(=O)CC[C@H](N)C(=O)O. The van der Waals surface area contributed by atoms with Gasteiger partial charge in [0.05, 0.1) is 6.04 Å². The minimum atomic E-state index is -1.14. The van der Waals surface area contributed by atoms with Crippen molar-refractivity contribution in [2.75, 3.05) is 12.0 Å². The van der Waals surface area contributed by atoms with Crippen LogP contribution in [0.3, 0.4) is 0 Å². The molecule has 1 amide bonds. The van der Waals surface area contributed by atoms with E-state index in [1.165, 1.54) is 11.8 Å². The van der Waals surface area contributed by atoms with Crippen LogP contribution in [0, 0.1) is 0 Å². The van der Waals surface area contributed by atoms with Gasteiger partial charge in [-0.05, 0) is 12.7 Å². The molecule has 92 valence electrons. The number of nitrogens with one attached hydrogen (secondary N) is 1. The summed E-state index contributed by atoms with van der Waals surface area (Å²) in [5.74, 6) is -0.994. The Morgan fingerprint density at radius 1 is 1.56 bits per heavy atom. The smallest absolute Gasteiger partial charge is 0.320 e. The fourth-order valence-electron chi connectivity index (χ4n) is 0.984. The first-order chi connectivity index (χ1) is 7.51. The van der Waals surface area contributed by atoms with E-state index >= 15 is 0 Å². The Morgan fingerprint density at radius 2 is 2.19 bits per heavy atom. The molecule has 2 atom stereocenters. The van der Waals surface area contributed by atoms with E-state index in [0.29, 0.717) is 12.0 Å². The number of hydrogen-bond donors (Lipinski definition) is 3. The third-order valence-corrected chi connectivity index (χ3v) is 2.55. The highest BCUT2D eigenvalue weighted by Gasteiger charge is 2.15. The van der Waals surface area contributed by atoms with Crippen molar-refractivity contribution in [3.8, 4) is 0 Å². The Bertz CT molecular complexity index is 260. The van der Waals surface area contributed by atoms with Gasteiger partial charge in [0.15, 0.2) is 0 Å². The monoisotopic (exact) mass is 248 g/mol. The van der Waals surface area contributed by atoms with Gasteiger partial charge < -0.3 is 21.0 Å². The van der Waals surface area contributed by atoms with Crippen molar-refractivity contribution in [1.82, 2.24) is 5.32 Å². The van der Waals surface area contributed by atoms with Crippen LogP contribution in [-0.2, 0) is 14.4 Å². The van der Waals surface area contributed by atoms with Crippen LogP contribution >= 0.6 is 11.8 Å². The fraction of sp³-hybridized carbons (Fsp3) is 0.667. The van der Waals surface area contributed by atoms with Crippen LogP contribution in [0.5, 0.6) is 0 Å². The second-order valence-electron chi connectivity index (χ2n) is 3.25. The second kappa shape index (κ2) is 8.12. The molecule has 6 nitrogen and oxygen atoms in total. The minimum absolute atomic E-state index is 0.00614. The molecule has 0 fully saturated rings. The molecule has 7 heteroatoms. The lowest BCUT2D eigenvalue weighted by molar-refractivity contribution is -0.138. The molecular weight excluding hydrogens is 232 g/mol. The van der Waals surface area contributed by atoms with Gasteiger partial charge in [-0.25, -0.2) is 0 Å². The van der Waals surface area contributed by atoms with Gasteiger partial charge in [0.1, 0.15) is 12.3 Å². The van der Waals surface area contributed by atoms with Crippen molar-refractivity contribution >= 4 is 29.9 Å². The molecule has 0 aromatic rings. The van der Waals surface area contributed by atoms with E-state index in [9.17, 15) is 14.4 Å². The van der Waals surface area contributed by atoms with Crippen LogP contribution in [0.25, 0.3) is 0 Å². The van der Waals surface area contributed by atoms with Crippen LogP contribution in [0.1, 0.15) is 12.8 Å². The van der Waals surface area contributed by atoms with Gasteiger partial charge in [-0.1, -0.05) is 0 Å². The third-order valence-electron chi connectivity index (χ3n) is 1.86. The summed E-state index contributed by atoms with van der Waals surface area (Å²) in [6, 6.07) is -1.57. The Morgan fingerprint density at radius 3 is 2.62 bits per heavy atom. The van der Waals surface area contributed by atoms with E-state index < -0.39 is 18.1 Å². The number of carboxylic acid groups (broad SMARTS) is 1. The van der Waals surface area contributed by atoms with Crippen molar-refractivity contribution in [1.29, 1.82) is 0 Å². The van der Waals surface area contributed by atoms with Gasteiger partial charge in [0, 0.05) is 12.2 Å². The van der Waals surface area contributed by atoms with Crippen molar-refractivity contribution in [3.05, 3.63) is 0 Å². The molecular formula is C9H16N2O4S. The predicted molar refractivity (Wildman–Crippen MR) is 61.2 cm³/mol. The lowest BCUT2D eigenvalue weighted by Gasteiger charge is -2.12. The van der Waals surface area contributed by atoms with Gasteiger partial charge in [-0.15, -0.1) is 0 Å². The molecule has 0 aliphatic heterocycles. The highest BCUT2D eigenvalue weighted by atomic mass is 32.2. The number of hydrogen-bond acceptors (Lipinski definition) is 5. The number of rotatable bonds is 8. The number of carboxylic acids is 1. The Hall–Kier alpha value is -1.08. The number of carbonyl (C=O) groups is 3. The molecule has 0 heterocycles. The predicted octanol–water partition coefficient (Wildman–Crippen LogP) is -0.775. The Balaban J connectivity index is 3.89.